The van der Waals surface area contributed by atoms with Gasteiger partial charge in [-0.25, -0.2) is 9.59 Å². The monoisotopic (exact) mass is 464 g/mol. The summed E-state index contributed by atoms with van der Waals surface area (Å²) in [6, 6.07) is 15.6. The lowest BCUT2D eigenvalue weighted by Gasteiger charge is -2.31. The number of hydrogen-bond donors (Lipinski definition) is 2. The Morgan fingerprint density at radius 1 is 0.941 bits per heavy atom. The van der Waals surface area contributed by atoms with Crippen LogP contribution in [0.25, 0.3) is 11.1 Å². The Bertz CT molecular complexity index is 992. The number of hydrogen-bond acceptors (Lipinski definition) is 4. The number of benzene rings is 2. The van der Waals surface area contributed by atoms with Crippen molar-refractivity contribution in [1.82, 2.24) is 10.2 Å². The van der Waals surface area contributed by atoms with Gasteiger partial charge in [0, 0.05) is 25.4 Å². The highest BCUT2D eigenvalue weighted by Gasteiger charge is 2.30. The normalized spacial score (nSPS) is 17.8. The van der Waals surface area contributed by atoms with E-state index in [-0.39, 0.29) is 24.9 Å². The van der Waals surface area contributed by atoms with Gasteiger partial charge in [0.15, 0.2) is 0 Å². The molecule has 1 aliphatic carbocycles. The predicted molar refractivity (Wildman–Crippen MR) is 129 cm³/mol. The minimum Gasteiger partial charge on any atom is -0.480 e. The van der Waals surface area contributed by atoms with Crippen molar-refractivity contribution < 1.29 is 24.2 Å². The number of aliphatic carboxylic acids is 1. The number of nitrogens with one attached hydrogen (secondary N) is 1. The maximum absolute atomic E-state index is 12.7. The van der Waals surface area contributed by atoms with Gasteiger partial charge in [-0.15, -0.1) is 0 Å². The number of carboxylic acid groups (broad SMARTS) is 1. The lowest BCUT2D eigenvalue weighted by atomic mass is 9.98. The fourth-order valence-corrected chi connectivity index (χ4v) is 5.06. The molecule has 1 saturated heterocycles. The van der Waals surface area contributed by atoms with Crippen LogP contribution in [0.3, 0.4) is 0 Å². The van der Waals surface area contributed by atoms with E-state index in [1.807, 2.05) is 24.3 Å². The van der Waals surface area contributed by atoms with Gasteiger partial charge in [-0.3, -0.25) is 4.79 Å². The van der Waals surface area contributed by atoms with E-state index in [0.29, 0.717) is 25.9 Å². The summed E-state index contributed by atoms with van der Waals surface area (Å²) in [6.07, 6.45) is 4.30. The van der Waals surface area contributed by atoms with Crippen LogP contribution in [0.4, 0.5) is 4.79 Å². The molecular formula is C27H32N2O5. The van der Waals surface area contributed by atoms with Crippen molar-refractivity contribution in [1.29, 1.82) is 0 Å². The lowest BCUT2D eigenvalue weighted by molar-refractivity contribution is -0.151. The highest BCUT2D eigenvalue weighted by atomic mass is 16.5. The largest absolute Gasteiger partial charge is 0.480 e. The van der Waals surface area contributed by atoms with Crippen molar-refractivity contribution >= 4 is 18.0 Å². The molecule has 4 rings (SSSR count). The Balaban J connectivity index is 1.24. The average Bonchev–Trinajstić information content (AvgIpc) is 3.14. The SMILES string of the molecule is O=C(NCCCC(=O)N1CCCCCCC1C(=O)O)OCC1c2ccccc2-c2ccccc21. The van der Waals surface area contributed by atoms with Crippen LogP contribution in [0.2, 0.25) is 0 Å². The molecular weight excluding hydrogens is 432 g/mol. The molecule has 1 aliphatic heterocycles. The highest BCUT2D eigenvalue weighted by Crippen LogP contribution is 2.44. The first-order valence-corrected chi connectivity index (χ1v) is 12.2. The van der Waals surface area contributed by atoms with Crippen molar-refractivity contribution in [2.24, 2.45) is 0 Å². The van der Waals surface area contributed by atoms with E-state index in [2.05, 4.69) is 29.6 Å². The second-order valence-corrected chi connectivity index (χ2v) is 9.00. The standard InChI is InChI=1S/C27H32N2O5/c30-25(29-17-8-2-1-3-14-24(29)26(31)32)15-9-16-28-27(33)34-18-23-21-12-6-4-10-19(21)20-11-5-7-13-22(20)23/h4-7,10-13,23-24H,1-3,8-9,14-18H2,(H,28,33)(H,31,32). The van der Waals surface area contributed by atoms with Crippen LogP contribution < -0.4 is 5.32 Å². The van der Waals surface area contributed by atoms with Crippen LogP contribution in [0.5, 0.6) is 0 Å². The zero-order valence-electron chi connectivity index (χ0n) is 19.4. The Hall–Kier alpha value is -3.35. The van der Waals surface area contributed by atoms with Gasteiger partial charge >= 0.3 is 12.1 Å². The number of nitrogens with zero attached hydrogens (tertiary/aromatic N) is 1. The van der Waals surface area contributed by atoms with Crippen molar-refractivity contribution in [2.45, 2.75) is 56.9 Å². The molecule has 180 valence electrons. The third-order valence-corrected chi connectivity index (χ3v) is 6.79. The Morgan fingerprint density at radius 2 is 1.59 bits per heavy atom. The number of rotatable bonds is 7. The first-order valence-electron chi connectivity index (χ1n) is 12.2. The van der Waals surface area contributed by atoms with Gasteiger partial charge in [0.25, 0.3) is 0 Å². The smallest absolute Gasteiger partial charge is 0.407 e. The van der Waals surface area contributed by atoms with E-state index in [4.69, 9.17) is 4.74 Å². The quantitative estimate of drug-likeness (QED) is 0.586. The molecule has 2 aromatic rings. The molecule has 0 spiro atoms. The molecule has 0 saturated carbocycles. The van der Waals surface area contributed by atoms with Crippen LogP contribution in [0.1, 0.15) is 62.0 Å². The second kappa shape index (κ2) is 11.2. The first kappa shape index (κ1) is 23.8. The van der Waals surface area contributed by atoms with Gasteiger partial charge in [-0.05, 0) is 41.5 Å². The molecule has 0 radical (unpaired) electrons. The van der Waals surface area contributed by atoms with Crippen LogP contribution in [-0.2, 0) is 14.3 Å². The van der Waals surface area contributed by atoms with Gasteiger partial charge in [-0.1, -0.05) is 67.8 Å². The predicted octanol–water partition coefficient (Wildman–Crippen LogP) is 4.55. The second-order valence-electron chi connectivity index (χ2n) is 9.00. The van der Waals surface area contributed by atoms with Gasteiger partial charge in [0.1, 0.15) is 12.6 Å². The molecule has 1 unspecified atom stereocenters. The number of amides is 2. The van der Waals surface area contributed by atoms with Crippen molar-refractivity contribution in [2.75, 3.05) is 19.7 Å². The van der Waals surface area contributed by atoms with Gasteiger partial charge < -0.3 is 20.1 Å². The van der Waals surface area contributed by atoms with E-state index in [1.165, 1.54) is 16.0 Å². The molecule has 1 atom stereocenters. The fraction of sp³-hybridized carbons (Fsp3) is 0.444. The Morgan fingerprint density at radius 3 is 2.26 bits per heavy atom. The number of likely N-dealkylation sites (tertiary alicyclic amines) is 1. The molecule has 2 N–H and O–H groups in total. The van der Waals surface area contributed by atoms with Crippen LogP contribution in [-0.4, -0.2) is 53.7 Å². The highest BCUT2D eigenvalue weighted by molar-refractivity contribution is 5.83. The third-order valence-electron chi connectivity index (χ3n) is 6.79. The van der Waals surface area contributed by atoms with Crippen LogP contribution in [0, 0.1) is 0 Å². The van der Waals surface area contributed by atoms with E-state index in [9.17, 15) is 19.5 Å². The Labute approximate surface area is 200 Å². The minimum absolute atomic E-state index is 0.000187. The number of ether oxygens (including phenoxy) is 1. The van der Waals surface area contributed by atoms with E-state index in [0.717, 1.165) is 36.8 Å². The lowest BCUT2D eigenvalue weighted by Crippen LogP contribution is -2.46. The molecule has 2 aromatic carbocycles. The maximum Gasteiger partial charge on any atom is 0.407 e. The Kier molecular flexibility index (Phi) is 7.83. The summed E-state index contributed by atoms with van der Waals surface area (Å²) in [5.74, 6) is -1.10. The maximum atomic E-state index is 12.7. The molecule has 0 aromatic heterocycles. The molecule has 7 nitrogen and oxygen atoms in total. The molecule has 34 heavy (non-hydrogen) atoms. The molecule has 2 aliphatic rings. The third kappa shape index (κ3) is 5.41. The zero-order valence-corrected chi connectivity index (χ0v) is 19.4. The molecule has 0 bridgehead atoms. The topological polar surface area (TPSA) is 95.9 Å². The number of fused-ring (bicyclic) bond motifs is 3. The van der Waals surface area contributed by atoms with E-state index < -0.39 is 18.1 Å². The molecule has 1 fully saturated rings. The number of carboxylic acids is 1. The van der Waals surface area contributed by atoms with Crippen LogP contribution in [0.15, 0.2) is 48.5 Å². The molecule has 1 heterocycles. The average molecular weight is 465 g/mol. The van der Waals surface area contributed by atoms with E-state index in [1.54, 1.807) is 0 Å². The summed E-state index contributed by atoms with van der Waals surface area (Å²) in [5, 5.41) is 12.2. The number of carbonyl (C=O) groups is 3. The first-order chi connectivity index (χ1) is 16.6. The van der Waals surface area contributed by atoms with Crippen molar-refractivity contribution in [3.8, 4) is 11.1 Å². The summed E-state index contributed by atoms with van der Waals surface area (Å²) in [6.45, 7) is 1.02. The summed E-state index contributed by atoms with van der Waals surface area (Å²) in [7, 11) is 0. The summed E-state index contributed by atoms with van der Waals surface area (Å²) in [5.41, 5.74) is 4.66. The molecule has 7 heteroatoms. The summed E-state index contributed by atoms with van der Waals surface area (Å²) >= 11 is 0. The minimum atomic E-state index is -0.938. The summed E-state index contributed by atoms with van der Waals surface area (Å²) < 4.78 is 5.52. The van der Waals surface area contributed by atoms with Gasteiger partial charge in [-0.2, -0.15) is 0 Å². The molecule has 2 amide bonds. The van der Waals surface area contributed by atoms with Crippen molar-refractivity contribution in [3.05, 3.63) is 59.7 Å². The van der Waals surface area contributed by atoms with Gasteiger partial charge in [0.2, 0.25) is 5.91 Å². The summed E-state index contributed by atoms with van der Waals surface area (Å²) in [4.78, 5) is 38.1. The number of carbonyl (C=O) groups excluding carboxylic acids is 2. The van der Waals surface area contributed by atoms with Crippen LogP contribution >= 0.6 is 0 Å². The van der Waals surface area contributed by atoms with E-state index >= 15 is 0 Å². The van der Waals surface area contributed by atoms with Crippen molar-refractivity contribution in [3.63, 3.8) is 0 Å². The zero-order chi connectivity index (χ0) is 23.9. The fourth-order valence-electron chi connectivity index (χ4n) is 5.06. The van der Waals surface area contributed by atoms with Gasteiger partial charge in [0.05, 0.1) is 0 Å². The number of alkyl carbamates (subject to hydrolysis) is 1.